The van der Waals surface area contributed by atoms with Crippen molar-refractivity contribution in [2.24, 2.45) is 12.0 Å². The number of aromatic nitrogens is 1. The van der Waals surface area contributed by atoms with Crippen molar-refractivity contribution in [1.29, 1.82) is 0 Å². The summed E-state index contributed by atoms with van der Waals surface area (Å²) >= 11 is 3.18. The molecule has 25 heavy (non-hydrogen) atoms. The van der Waals surface area contributed by atoms with E-state index in [1.54, 1.807) is 18.9 Å². The fourth-order valence-electron chi connectivity index (χ4n) is 2.40. The predicted molar refractivity (Wildman–Crippen MR) is 104 cm³/mol. The van der Waals surface area contributed by atoms with Gasteiger partial charge >= 0.3 is 0 Å². The van der Waals surface area contributed by atoms with Crippen LogP contribution in [-0.4, -0.2) is 23.3 Å². The number of methoxy groups -OCH3 is 1. The second-order valence-corrected chi connectivity index (χ2v) is 7.87. The summed E-state index contributed by atoms with van der Waals surface area (Å²) < 4.78 is 8.26. The molecule has 0 N–H and O–H groups in total. The predicted octanol–water partition coefficient (Wildman–Crippen LogP) is 4.17. The molecule has 4 nitrogen and oxygen atoms in total. The van der Waals surface area contributed by atoms with Crippen LogP contribution in [0.15, 0.2) is 52.4 Å². The average Bonchev–Trinajstić information content (AvgIpc) is 2.91. The van der Waals surface area contributed by atoms with Gasteiger partial charge in [0.2, 0.25) is 5.91 Å². The Morgan fingerprint density at radius 1 is 1.24 bits per heavy atom. The Morgan fingerprint density at radius 3 is 2.72 bits per heavy atom. The van der Waals surface area contributed by atoms with E-state index in [0.717, 1.165) is 21.7 Å². The van der Waals surface area contributed by atoms with Gasteiger partial charge in [-0.2, -0.15) is 4.99 Å². The number of fused-ring (bicyclic) bond motifs is 1. The Morgan fingerprint density at radius 2 is 2.00 bits per heavy atom. The van der Waals surface area contributed by atoms with Crippen molar-refractivity contribution in [1.82, 2.24) is 4.57 Å². The molecule has 0 saturated heterocycles. The minimum absolute atomic E-state index is 0.0891. The molecule has 2 aromatic carbocycles. The van der Waals surface area contributed by atoms with E-state index in [2.05, 4.69) is 36.2 Å². The van der Waals surface area contributed by atoms with Gasteiger partial charge in [-0.3, -0.25) is 4.79 Å². The van der Waals surface area contributed by atoms with Crippen LogP contribution in [0.4, 0.5) is 0 Å². The molecule has 0 aliphatic rings. The number of carbonyl (C=O) groups excluding carboxylic acids is 1. The molecule has 0 aliphatic carbocycles. The first-order chi connectivity index (χ1) is 12.1. The van der Waals surface area contributed by atoms with E-state index >= 15 is 0 Å². The number of hydrogen-bond donors (Lipinski definition) is 0. The van der Waals surface area contributed by atoms with Crippen molar-refractivity contribution in [3.8, 4) is 5.75 Å². The normalized spacial score (nSPS) is 11.9. The lowest BCUT2D eigenvalue weighted by Crippen LogP contribution is -2.13. The number of carbonyl (C=O) groups is 1. The van der Waals surface area contributed by atoms with Crippen molar-refractivity contribution in [2.45, 2.75) is 18.2 Å². The van der Waals surface area contributed by atoms with Crippen LogP contribution in [0.25, 0.3) is 10.2 Å². The summed E-state index contributed by atoms with van der Waals surface area (Å²) in [6.07, 6.45) is 0.427. The highest BCUT2D eigenvalue weighted by molar-refractivity contribution is 7.99. The Balaban J connectivity index is 1.69. The van der Waals surface area contributed by atoms with E-state index < -0.39 is 0 Å². The van der Waals surface area contributed by atoms with E-state index in [-0.39, 0.29) is 5.91 Å². The van der Waals surface area contributed by atoms with Crippen molar-refractivity contribution < 1.29 is 9.53 Å². The monoisotopic (exact) mass is 372 g/mol. The van der Waals surface area contributed by atoms with Crippen molar-refractivity contribution in [3.05, 3.63) is 52.8 Å². The van der Waals surface area contributed by atoms with Crippen LogP contribution in [0.1, 0.15) is 12.0 Å². The lowest BCUT2D eigenvalue weighted by atomic mass is 10.2. The van der Waals surface area contributed by atoms with Gasteiger partial charge in [-0.25, -0.2) is 0 Å². The Labute approximate surface area is 155 Å². The number of ether oxygens (including phenoxy) is 1. The van der Waals surface area contributed by atoms with Gasteiger partial charge in [0.1, 0.15) is 5.75 Å². The van der Waals surface area contributed by atoms with Gasteiger partial charge < -0.3 is 9.30 Å². The molecule has 0 saturated carbocycles. The molecule has 0 spiro atoms. The van der Waals surface area contributed by atoms with Gasteiger partial charge in [0.15, 0.2) is 4.80 Å². The van der Waals surface area contributed by atoms with E-state index in [4.69, 9.17) is 4.74 Å². The molecule has 0 bridgehead atoms. The molecular weight excluding hydrogens is 352 g/mol. The Hall–Kier alpha value is -2.05. The van der Waals surface area contributed by atoms with E-state index in [1.807, 2.05) is 29.8 Å². The zero-order valence-electron chi connectivity index (χ0n) is 14.5. The molecule has 130 valence electrons. The average molecular weight is 373 g/mol. The first-order valence-corrected chi connectivity index (χ1v) is 9.77. The molecule has 3 aromatic rings. The van der Waals surface area contributed by atoms with Crippen LogP contribution in [0, 0.1) is 6.92 Å². The molecule has 1 heterocycles. The van der Waals surface area contributed by atoms with Crippen LogP contribution in [0.5, 0.6) is 5.75 Å². The number of hydrogen-bond acceptors (Lipinski definition) is 4. The van der Waals surface area contributed by atoms with Crippen molar-refractivity contribution >= 4 is 39.2 Å². The van der Waals surface area contributed by atoms with Crippen LogP contribution in [0.2, 0.25) is 0 Å². The summed E-state index contributed by atoms with van der Waals surface area (Å²) in [5, 5.41) is 0. The summed E-state index contributed by atoms with van der Waals surface area (Å²) in [5.74, 6) is 1.45. The fraction of sp³-hybridized carbons (Fsp3) is 0.263. The topological polar surface area (TPSA) is 43.6 Å². The van der Waals surface area contributed by atoms with Crippen LogP contribution in [-0.2, 0) is 11.8 Å². The van der Waals surface area contributed by atoms with Gasteiger partial charge in [-0.1, -0.05) is 29.0 Å². The third kappa shape index (κ3) is 4.32. The molecule has 0 fully saturated rings. The number of benzene rings is 2. The highest BCUT2D eigenvalue weighted by Crippen LogP contribution is 2.22. The third-order valence-corrected chi connectivity index (χ3v) is 5.95. The highest BCUT2D eigenvalue weighted by Gasteiger charge is 2.06. The molecule has 6 heteroatoms. The standard InChI is InChI=1S/C19H20N2O2S2/c1-13-4-7-15(8-5-13)24-11-10-18(22)20-19-21(2)16-9-6-14(23-3)12-17(16)25-19/h4-9,12H,10-11H2,1-3H3. The van der Waals surface area contributed by atoms with E-state index in [1.165, 1.54) is 21.8 Å². The molecule has 1 aromatic heterocycles. The Bertz CT molecular complexity index is 956. The number of thioether (sulfide) groups is 1. The number of thiazole rings is 1. The smallest absolute Gasteiger partial charge is 0.249 e. The maximum Gasteiger partial charge on any atom is 0.249 e. The van der Waals surface area contributed by atoms with Crippen molar-refractivity contribution in [2.75, 3.05) is 12.9 Å². The summed E-state index contributed by atoms with van der Waals surface area (Å²) in [4.78, 5) is 18.4. The third-order valence-electron chi connectivity index (χ3n) is 3.84. The summed E-state index contributed by atoms with van der Waals surface area (Å²) in [6.45, 7) is 2.07. The fourth-order valence-corrected chi connectivity index (χ4v) is 4.31. The summed E-state index contributed by atoms with van der Waals surface area (Å²) in [7, 11) is 3.58. The van der Waals surface area contributed by atoms with Gasteiger partial charge in [-0.15, -0.1) is 11.8 Å². The van der Waals surface area contributed by atoms with Crippen LogP contribution < -0.4 is 9.54 Å². The molecule has 0 unspecified atom stereocenters. The molecule has 3 rings (SSSR count). The van der Waals surface area contributed by atoms with Crippen molar-refractivity contribution in [3.63, 3.8) is 0 Å². The van der Waals surface area contributed by atoms with Gasteiger partial charge in [0.05, 0.1) is 17.3 Å². The lowest BCUT2D eigenvalue weighted by Gasteiger charge is -2.00. The molecular formula is C19H20N2O2S2. The largest absolute Gasteiger partial charge is 0.497 e. The highest BCUT2D eigenvalue weighted by atomic mass is 32.2. The first kappa shape index (κ1) is 17.8. The number of amides is 1. The maximum absolute atomic E-state index is 12.2. The maximum atomic E-state index is 12.2. The molecule has 1 amide bonds. The van der Waals surface area contributed by atoms with E-state index in [9.17, 15) is 4.79 Å². The zero-order valence-corrected chi connectivity index (χ0v) is 16.1. The quantitative estimate of drug-likeness (QED) is 0.632. The first-order valence-electron chi connectivity index (χ1n) is 7.97. The van der Waals surface area contributed by atoms with Gasteiger partial charge in [-0.05, 0) is 37.3 Å². The molecule has 0 aliphatic heterocycles. The minimum atomic E-state index is -0.0891. The van der Waals surface area contributed by atoms with Crippen LogP contribution in [0.3, 0.4) is 0 Å². The lowest BCUT2D eigenvalue weighted by molar-refractivity contribution is -0.117. The van der Waals surface area contributed by atoms with Crippen LogP contribution >= 0.6 is 23.1 Å². The van der Waals surface area contributed by atoms with Gasteiger partial charge in [0, 0.05) is 24.1 Å². The zero-order chi connectivity index (χ0) is 17.8. The minimum Gasteiger partial charge on any atom is -0.497 e. The second kappa shape index (κ2) is 7.89. The SMILES string of the molecule is COc1ccc2c(c1)sc(=NC(=O)CCSc1ccc(C)cc1)n2C. The van der Waals surface area contributed by atoms with Gasteiger partial charge in [0.25, 0.3) is 0 Å². The second-order valence-electron chi connectivity index (χ2n) is 5.69. The molecule has 0 atom stereocenters. The number of rotatable bonds is 5. The molecule has 0 radical (unpaired) electrons. The summed E-state index contributed by atoms with van der Waals surface area (Å²) in [6, 6.07) is 14.2. The Kier molecular flexibility index (Phi) is 5.60. The number of nitrogens with zero attached hydrogens (tertiary/aromatic N) is 2. The summed E-state index contributed by atoms with van der Waals surface area (Å²) in [5.41, 5.74) is 2.29. The number of aryl methyl sites for hydroxylation is 2. The van der Waals surface area contributed by atoms with E-state index in [0.29, 0.717) is 11.2 Å².